The Balaban J connectivity index is 1.76. The highest BCUT2D eigenvalue weighted by Gasteiger charge is 2.31. The monoisotopic (exact) mass is 265 g/mol. The molecule has 1 aromatic carbocycles. The molecular weight excluding hydrogens is 242 g/mol. The van der Waals surface area contributed by atoms with Gasteiger partial charge in [0.05, 0.1) is 0 Å². The van der Waals surface area contributed by atoms with E-state index in [1.807, 2.05) is 12.1 Å². The van der Waals surface area contributed by atoms with Crippen molar-refractivity contribution in [2.45, 2.75) is 51.5 Å². The summed E-state index contributed by atoms with van der Waals surface area (Å²) in [6.07, 6.45) is 5.04. The first-order valence-corrected chi connectivity index (χ1v) is 7.60. The first-order valence-electron chi connectivity index (χ1n) is 7.22. The van der Waals surface area contributed by atoms with Crippen LogP contribution < -0.4 is 5.32 Å². The standard InChI is InChI=1S/C16H24ClN/c1-3-12(4-2)11-18-14-9-13(10-14)15-7-5-6-8-16(15)17/h5-8,12-14,18H,3-4,9-11H2,1-2H3. The Morgan fingerprint density at radius 1 is 1.22 bits per heavy atom. The van der Waals surface area contributed by atoms with Crippen LogP contribution in [0.3, 0.4) is 0 Å². The molecule has 1 aliphatic carbocycles. The van der Waals surface area contributed by atoms with Gasteiger partial charge in [0, 0.05) is 11.1 Å². The number of nitrogens with one attached hydrogen (secondary N) is 1. The van der Waals surface area contributed by atoms with Crippen LogP contribution in [0, 0.1) is 5.92 Å². The Hall–Kier alpha value is -0.530. The van der Waals surface area contributed by atoms with E-state index < -0.39 is 0 Å². The maximum Gasteiger partial charge on any atom is 0.0440 e. The van der Waals surface area contributed by atoms with Crippen LogP contribution in [0.25, 0.3) is 0 Å². The Kier molecular flexibility index (Phi) is 5.08. The average molecular weight is 266 g/mol. The second-order valence-electron chi connectivity index (χ2n) is 5.48. The molecule has 100 valence electrons. The predicted molar refractivity (Wildman–Crippen MR) is 79.3 cm³/mol. The third-order valence-electron chi connectivity index (χ3n) is 4.33. The highest BCUT2D eigenvalue weighted by Crippen LogP contribution is 2.39. The van der Waals surface area contributed by atoms with E-state index >= 15 is 0 Å². The van der Waals surface area contributed by atoms with Crippen molar-refractivity contribution < 1.29 is 0 Å². The molecule has 0 radical (unpaired) electrons. The van der Waals surface area contributed by atoms with Gasteiger partial charge in [0.15, 0.2) is 0 Å². The minimum absolute atomic E-state index is 0.665. The summed E-state index contributed by atoms with van der Waals surface area (Å²) in [5.74, 6) is 1.50. The number of hydrogen-bond donors (Lipinski definition) is 1. The zero-order valence-corrected chi connectivity index (χ0v) is 12.2. The van der Waals surface area contributed by atoms with E-state index in [-0.39, 0.29) is 0 Å². The topological polar surface area (TPSA) is 12.0 Å². The fraction of sp³-hybridized carbons (Fsp3) is 0.625. The number of benzene rings is 1. The maximum atomic E-state index is 6.23. The molecule has 1 nitrogen and oxygen atoms in total. The van der Waals surface area contributed by atoms with Crippen molar-refractivity contribution in [1.29, 1.82) is 0 Å². The van der Waals surface area contributed by atoms with Gasteiger partial charge >= 0.3 is 0 Å². The highest BCUT2D eigenvalue weighted by atomic mass is 35.5. The number of halogens is 1. The van der Waals surface area contributed by atoms with Gasteiger partial charge in [-0.25, -0.2) is 0 Å². The molecule has 0 aromatic heterocycles. The molecule has 0 bridgehead atoms. The first-order chi connectivity index (χ1) is 8.74. The summed E-state index contributed by atoms with van der Waals surface area (Å²) < 4.78 is 0. The summed E-state index contributed by atoms with van der Waals surface area (Å²) >= 11 is 6.23. The lowest BCUT2D eigenvalue weighted by Gasteiger charge is -2.37. The summed E-state index contributed by atoms with van der Waals surface area (Å²) in [5, 5.41) is 4.63. The molecule has 0 atom stereocenters. The van der Waals surface area contributed by atoms with Crippen molar-refractivity contribution in [2.24, 2.45) is 5.92 Å². The van der Waals surface area contributed by atoms with Crippen molar-refractivity contribution in [3.63, 3.8) is 0 Å². The molecule has 0 amide bonds. The Labute approximate surface area is 116 Å². The predicted octanol–water partition coefficient (Wildman–Crippen LogP) is 4.61. The summed E-state index contributed by atoms with van der Waals surface area (Å²) in [4.78, 5) is 0. The van der Waals surface area contributed by atoms with E-state index in [0.29, 0.717) is 12.0 Å². The molecule has 2 heteroatoms. The largest absolute Gasteiger partial charge is 0.314 e. The van der Waals surface area contributed by atoms with Crippen molar-refractivity contribution in [3.8, 4) is 0 Å². The molecule has 1 fully saturated rings. The molecule has 0 unspecified atom stereocenters. The van der Waals surface area contributed by atoms with Gasteiger partial charge in [0.2, 0.25) is 0 Å². The van der Waals surface area contributed by atoms with Crippen LogP contribution in [-0.2, 0) is 0 Å². The summed E-state index contributed by atoms with van der Waals surface area (Å²) in [5.41, 5.74) is 1.33. The molecule has 1 saturated carbocycles. The van der Waals surface area contributed by atoms with Crippen LogP contribution >= 0.6 is 11.6 Å². The molecule has 0 heterocycles. The van der Waals surface area contributed by atoms with Crippen LogP contribution in [0.2, 0.25) is 5.02 Å². The van der Waals surface area contributed by atoms with Gasteiger partial charge in [0.1, 0.15) is 0 Å². The van der Waals surface area contributed by atoms with Gasteiger partial charge in [-0.05, 0) is 42.9 Å². The minimum Gasteiger partial charge on any atom is -0.314 e. The van der Waals surface area contributed by atoms with Crippen LogP contribution in [0.1, 0.15) is 51.0 Å². The van der Waals surface area contributed by atoms with Gasteiger partial charge in [-0.1, -0.05) is 56.5 Å². The van der Waals surface area contributed by atoms with Crippen molar-refractivity contribution in [3.05, 3.63) is 34.9 Å². The summed E-state index contributed by atoms with van der Waals surface area (Å²) in [6, 6.07) is 8.97. The van der Waals surface area contributed by atoms with E-state index in [9.17, 15) is 0 Å². The Morgan fingerprint density at radius 2 is 1.89 bits per heavy atom. The maximum absolute atomic E-state index is 6.23. The number of hydrogen-bond acceptors (Lipinski definition) is 1. The summed E-state index contributed by atoms with van der Waals surface area (Å²) in [6.45, 7) is 5.74. The van der Waals surface area contributed by atoms with E-state index in [2.05, 4.69) is 31.3 Å². The molecule has 0 spiro atoms. The Morgan fingerprint density at radius 3 is 2.50 bits per heavy atom. The van der Waals surface area contributed by atoms with E-state index in [4.69, 9.17) is 11.6 Å². The fourth-order valence-corrected chi connectivity index (χ4v) is 3.05. The van der Waals surface area contributed by atoms with Gasteiger partial charge in [-0.3, -0.25) is 0 Å². The first kappa shape index (κ1) is 13.9. The SMILES string of the molecule is CCC(CC)CNC1CC(c2ccccc2Cl)C1. The molecule has 2 rings (SSSR count). The van der Waals surface area contributed by atoms with E-state index in [1.54, 1.807) is 0 Å². The smallest absolute Gasteiger partial charge is 0.0440 e. The Bertz CT molecular complexity index is 367. The van der Waals surface area contributed by atoms with Crippen LogP contribution in [0.15, 0.2) is 24.3 Å². The van der Waals surface area contributed by atoms with Gasteiger partial charge in [-0.15, -0.1) is 0 Å². The molecule has 1 aliphatic rings. The van der Waals surface area contributed by atoms with Crippen molar-refractivity contribution >= 4 is 11.6 Å². The van der Waals surface area contributed by atoms with Gasteiger partial charge in [0.25, 0.3) is 0 Å². The molecule has 1 N–H and O–H groups in total. The van der Waals surface area contributed by atoms with Gasteiger partial charge in [-0.2, -0.15) is 0 Å². The van der Waals surface area contributed by atoms with Crippen molar-refractivity contribution in [2.75, 3.05) is 6.54 Å². The van der Waals surface area contributed by atoms with E-state index in [0.717, 1.165) is 10.9 Å². The molecule has 1 aromatic rings. The van der Waals surface area contributed by atoms with Crippen LogP contribution in [0.5, 0.6) is 0 Å². The normalized spacial score (nSPS) is 23.1. The molecule has 18 heavy (non-hydrogen) atoms. The zero-order chi connectivity index (χ0) is 13.0. The zero-order valence-electron chi connectivity index (χ0n) is 11.5. The second kappa shape index (κ2) is 6.58. The van der Waals surface area contributed by atoms with Crippen molar-refractivity contribution in [1.82, 2.24) is 5.32 Å². The quantitative estimate of drug-likeness (QED) is 0.792. The third kappa shape index (κ3) is 3.27. The number of rotatable bonds is 6. The second-order valence-corrected chi connectivity index (χ2v) is 5.88. The molecule has 0 saturated heterocycles. The van der Waals surface area contributed by atoms with Gasteiger partial charge < -0.3 is 5.32 Å². The minimum atomic E-state index is 0.665. The average Bonchev–Trinajstić information content (AvgIpc) is 2.34. The lowest BCUT2D eigenvalue weighted by molar-refractivity contribution is 0.272. The van der Waals surface area contributed by atoms with Crippen LogP contribution in [0.4, 0.5) is 0 Å². The lowest BCUT2D eigenvalue weighted by atomic mass is 9.75. The highest BCUT2D eigenvalue weighted by molar-refractivity contribution is 6.31. The third-order valence-corrected chi connectivity index (χ3v) is 4.68. The lowest BCUT2D eigenvalue weighted by Crippen LogP contribution is -2.42. The molecule has 0 aliphatic heterocycles. The fourth-order valence-electron chi connectivity index (χ4n) is 2.76. The summed E-state index contributed by atoms with van der Waals surface area (Å²) in [7, 11) is 0. The van der Waals surface area contributed by atoms with E-state index in [1.165, 1.54) is 37.8 Å². The van der Waals surface area contributed by atoms with Crippen LogP contribution in [-0.4, -0.2) is 12.6 Å². The molecular formula is C16H24ClN.